The molecule has 0 aliphatic carbocycles. The van der Waals surface area contributed by atoms with E-state index in [1.54, 1.807) is 0 Å². The zero-order chi connectivity index (χ0) is 16.0. The Hall–Kier alpha value is -0.660. The fourth-order valence-electron chi connectivity index (χ4n) is 4.14. The maximum atomic E-state index is 3.67. The highest BCUT2D eigenvalue weighted by atomic mass is 15.8. The van der Waals surface area contributed by atoms with Gasteiger partial charge in [-0.3, -0.25) is 5.01 Å². The van der Waals surface area contributed by atoms with Crippen molar-refractivity contribution in [2.24, 2.45) is 0 Å². The van der Waals surface area contributed by atoms with Gasteiger partial charge >= 0.3 is 0 Å². The molecule has 0 aromatic carbocycles. The van der Waals surface area contributed by atoms with Crippen LogP contribution in [-0.2, 0) is 0 Å². The summed E-state index contributed by atoms with van der Waals surface area (Å²) in [5.41, 5.74) is 12.2. The molecule has 0 spiro atoms. The molecule has 22 heavy (non-hydrogen) atoms. The van der Waals surface area contributed by atoms with Gasteiger partial charge in [0.15, 0.2) is 6.29 Å². The summed E-state index contributed by atoms with van der Waals surface area (Å²) >= 11 is 0. The van der Waals surface area contributed by atoms with E-state index in [1.165, 1.54) is 18.5 Å². The highest BCUT2D eigenvalue weighted by Gasteiger charge is 2.44. The second kappa shape index (κ2) is 6.09. The van der Waals surface area contributed by atoms with Crippen LogP contribution >= 0.6 is 0 Å². The largest absolute Gasteiger partial charge is 0.279 e. The molecule has 3 aliphatic rings. The summed E-state index contributed by atoms with van der Waals surface area (Å²) < 4.78 is 0. The van der Waals surface area contributed by atoms with Gasteiger partial charge < -0.3 is 0 Å². The lowest BCUT2D eigenvalue weighted by Gasteiger charge is -2.45. The number of hydrazine groups is 3. The van der Waals surface area contributed by atoms with Crippen LogP contribution in [-0.4, -0.2) is 51.5 Å². The zero-order valence-corrected chi connectivity index (χ0v) is 14.8. The maximum absolute atomic E-state index is 3.67. The van der Waals surface area contributed by atoms with E-state index in [-0.39, 0.29) is 6.29 Å². The summed E-state index contributed by atoms with van der Waals surface area (Å²) in [6, 6.07) is 2.45. The van der Waals surface area contributed by atoms with E-state index < -0.39 is 0 Å². The predicted molar refractivity (Wildman–Crippen MR) is 89.0 cm³/mol. The highest BCUT2D eigenvalue weighted by molar-refractivity contribution is 5.09. The lowest BCUT2D eigenvalue weighted by Crippen LogP contribution is -2.67. The molecule has 126 valence electrons. The van der Waals surface area contributed by atoms with Crippen molar-refractivity contribution >= 4 is 0 Å². The Kier molecular flexibility index (Phi) is 4.49. The third kappa shape index (κ3) is 2.90. The highest BCUT2D eigenvalue weighted by Crippen LogP contribution is 2.28. The molecule has 6 nitrogen and oxygen atoms in total. The third-order valence-electron chi connectivity index (χ3n) is 5.02. The van der Waals surface area contributed by atoms with Crippen molar-refractivity contribution in [3.63, 3.8) is 0 Å². The summed E-state index contributed by atoms with van der Waals surface area (Å²) in [6.07, 6.45) is 4.79. The molecule has 3 aliphatic heterocycles. The van der Waals surface area contributed by atoms with Gasteiger partial charge in [0, 0.05) is 35.9 Å². The Morgan fingerprint density at radius 1 is 0.909 bits per heavy atom. The van der Waals surface area contributed by atoms with Gasteiger partial charge in [-0.15, -0.1) is 0 Å². The van der Waals surface area contributed by atoms with Crippen LogP contribution in [0.2, 0.25) is 0 Å². The fraction of sp³-hybridized carbons (Fsp3) is 0.875. The SMILES string of the molecule is CC1=CC(C)NN1C(N1NC(C)CC1C)N1NC(C)CC1C. The molecule has 0 aromatic rings. The van der Waals surface area contributed by atoms with E-state index in [4.69, 9.17) is 0 Å². The molecule has 5 unspecified atom stereocenters. The monoisotopic (exact) mass is 308 g/mol. The quantitative estimate of drug-likeness (QED) is 0.732. The number of hydrogen-bond acceptors (Lipinski definition) is 6. The molecule has 0 radical (unpaired) electrons. The van der Waals surface area contributed by atoms with E-state index in [0.717, 1.165) is 0 Å². The molecule has 3 rings (SSSR count). The summed E-state index contributed by atoms with van der Waals surface area (Å²) in [6.45, 7) is 13.5. The van der Waals surface area contributed by atoms with Gasteiger partial charge in [0.05, 0.1) is 0 Å². The minimum atomic E-state index is 0.140. The molecular formula is C16H32N6. The first-order valence-electron chi connectivity index (χ1n) is 8.69. The Morgan fingerprint density at radius 3 is 1.73 bits per heavy atom. The molecule has 2 fully saturated rings. The smallest absolute Gasteiger partial charge is 0.179 e. The maximum Gasteiger partial charge on any atom is 0.179 e. The Labute approximate surface area is 134 Å². The van der Waals surface area contributed by atoms with Crippen LogP contribution in [0.5, 0.6) is 0 Å². The van der Waals surface area contributed by atoms with Gasteiger partial charge in [0.1, 0.15) is 0 Å². The van der Waals surface area contributed by atoms with Crippen LogP contribution in [0.25, 0.3) is 0 Å². The molecule has 0 amide bonds. The van der Waals surface area contributed by atoms with Crippen LogP contribution in [0.3, 0.4) is 0 Å². The molecule has 2 saturated heterocycles. The van der Waals surface area contributed by atoms with Gasteiger partial charge in [-0.2, -0.15) is 0 Å². The second-order valence-electron chi connectivity index (χ2n) is 7.49. The Morgan fingerprint density at radius 2 is 1.41 bits per heavy atom. The summed E-state index contributed by atoms with van der Waals surface area (Å²) in [4.78, 5) is 0. The summed E-state index contributed by atoms with van der Waals surface area (Å²) in [5, 5.41) is 7.14. The topological polar surface area (TPSA) is 45.8 Å². The lowest BCUT2D eigenvalue weighted by molar-refractivity contribution is -0.125. The van der Waals surface area contributed by atoms with Gasteiger partial charge in [0.2, 0.25) is 0 Å². The average molecular weight is 308 g/mol. The van der Waals surface area contributed by atoms with Crippen molar-refractivity contribution in [3.05, 3.63) is 11.8 Å². The van der Waals surface area contributed by atoms with Crippen LogP contribution in [0.1, 0.15) is 54.4 Å². The van der Waals surface area contributed by atoms with Crippen molar-refractivity contribution in [2.45, 2.75) is 90.9 Å². The lowest BCUT2D eigenvalue weighted by atomic mass is 10.1. The number of hydrogen-bond donors (Lipinski definition) is 3. The van der Waals surface area contributed by atoms with Gasteiger partial charge in [-0.1, -0.05) is 0 Å². The number of rotatable bonds is 3. The van der Waals surface area contributed by atoms with Crippen molar-refractivity contribution in [2.75, 3.05) is 0 Å². The van der Waals surface area contributed by atoms with E-state index in [0.29, 0.717) is 30.2 Å². The molecule has 0 aromatic heterocycles. The Bertz CT molecular complexity index is 414. The third-order valence-corrected chi connectivity index (χ3v) is 5.02. The first kappa shape index (κ1) is 16.2. The summed E-state index contributed by atoms with van der Waals surface area (Å²) in [5.74, 6) is 0. The van der Waals surface area contributed by atoms with Crippen molar-refractivity contribution in [1.82, 2.24) is 31.3 Å². The molecule has 5 atom stereocenters. The van der Waals surface area contributed by atoms with E-state index >= 15 is 0 Å². The van der Waals surface area contributed by atoms with Crippen molar-refractivity contribution in [1.29, 1.82) is 0 Å². The Balaban J connectivity index is 1.87. The molecular weight excluding hydrogens is 276 g/mol. The molecule has 3 heterocycles. The normalized spacial score (nSPS) is 42.2. The second-order valence-corrected chi connectivity index (χ2v) is 7.49. The van der Waals surface area contributed by atoms with Crippen LogP contribution in [0.15, 0.2) is 11.8 Å². The summed E-state index contributed by atoms with van der Waals surface area (Å²) in [7, 11) is 0. The molecule has 0 bridgehead atoms. The van der Waals surface area contributed by atoms with E-state index in [2.05, 4.69) is 78.9 Å². The number of nitrogens with zero attached hydrogens (tertiary/aromatic N) is 3. The van der Waals surface area contributed by atoms with Crippen LogP contribution < -0.4 is 16.3 Å². The fourth-order valence-corrected chi connectivity index (χ4v) is 4.14. The van der Waals surface area contributed by atoms with Crippen LogP contribution in [0.4, 0.5) is 0 Å². The molecule has 0 saturated carbocycles. The minimum Gasteiger partial charge on any atom is -0.279 e. The standard InChI is InChI=1S/C16H32N6/c1-10-7-13(4)20(17-10)16(21-14(5)8-11(2)18-21)22-15(6)9-12(3)19-22/h7,10-12,14-19H,8-9H2,1-6H3. The average Bonchev–Trinajstić information content (AvgIpc) is 3.02. The number of allylic oxidation sites excluding steroid dienone is 1. The molecule has 3 N–H and O–H groups in total. The molecule has 6 heteroatoms. The zero-order valence-electron chi connectivity index (χ0n) is 14.8. The van der Waals surface area contributed by atoms with Gasteiger partial charge in [0.25, 0.3) is 0 Å². The van der Waals surface area contributed by atoms with Crippen LogP contribution in [0, 0.1) is 0 Å². The first-order valence-corrected chi connectivity index (χ1v) is 8.69. The van der Waals surface area contributed by atoms with Crippen molar-refractivity contribution in [3.8, 4) is 0 Å². The number of nitrogens with one attached hydrogen (secondary N) is 3. The minimum absolute atomic E-state index is 0.140. The predicted octanol–water partition coefficient (Wildman–Crippen LogP) is 1.36. The first-order chi connectivity index (χ1) is 10.4. The van der Waals surface area contributed by atoms with Crippen molar-refractivity contribution < 1.29 is 0 Å². The van der Waals surface area contributed by atoms with Gasteiger partial charge in [-0.05, 0) is 60.5 Å². The van der Waals surface area contributed by atoms with E-state index in [9.17, 15) is 0 Å². The van der Waals surface area contributed by atoms with Gasteiger partial charge in [-0.25, -0.2) is 26.3 Å². The van der Waals surface area contributed by atoms with E-state index in [1.807, 2.05) is 0 Å².